The Kier molecular flexibility index (Phi) is 7.46. The number of hydrogen-bond acceptors (Lipinski definition) is 4. The van der Waals surface area contributed by atoms with Crippen LogP contribution in [0.1, 0.15) is 53.4 Å². The molecule has 21 heavy (non-hydrogen) atoms. The Labute approximate surface area is 129 Å². The van der Waals surface area contributed by atoms with Crippen LogP contribution in [-0.4, -0.2) is 48.8 Å². The van der Waals surface area contributed by atoms with E-state index in [4.69, 9.17) is 10.5 Å². The number of carbonyl (C=O) groups excluding carboxylic acids is 1. The molecule has 1 atom stereocenters. The molecule has 0 aromatic carbocycles. The number of nitrogens with one attached hydrogen (secondary N) is 1. The van der Waals surface area contributed by atoms with Crippen molar-refractivity contribution in [1.82, 2.24) is 10.2 Å². The van der Waals surface area contributed by atoms with Crippen molar-refractivity contribution in [2.24, 2.45) is 11.7 Å². The van der Waals surface area contributed by atoms with E-state index >= 15 is 0 Å². The van der Waals surface area contributed by atoms with E-state index in [2.05, 4.69) is 17.1 Å². The summed E-state index contributed by atoms with van der Waals surface area (Å²) >= 11 is 0. The van der Waals surface area contributed by atoms with Gasteiger partial charge in [0.15, 0.2) is 0 Å². The summed E-state index contributed by atoms with van der Waals surface area (Å²) in [4.78, 5) is 14.1. The number of likely N-dealkylation sites (tertiary alicyclic amines) is 1. The second-order valence-corrected chi connectivity index (χ2v) is 6.99. The highest BCUT2D eigenvalue weighted by Gasteiger charge is 2.23. The zero-order chi connectivity index (χ0) is 15.9. The van der Waals surface area contributed by atoms with Crippen molar-refractivity contribution < 1.29 is 9.53 Å². The first kappa shape index (κ1) is 18.2. The second kappa shape index (κ2) is 8.59. The molecule has 1 aliphatic heterocycles. The van der Waals surface area contributed by atoms with Crippen molar-refractivity contribution in [1.29, 1.82) is 0 Å². The predicted molar refractivity (Wildman–Crippen MR) is 86.3 cm³/mol. The molecule has 3 N–H and O–H groups in total. The Morgan fingerprint density at radius 1 is 1.38 bits per heavy atom. The Balaban J connectivity index is 2.27. The molecule has 1 fully saturated rings. The van der Waals surface area contributed by atoms with Crippen LogP contribution in [0.4, 0.5) is 4.79 Å². The van der Waals surface area contributed by atoms with E-state index in [1.807, 2.05) is 20.8 Å². The van der Waals surface area contributed by atoms with Gasteiger partial charge >= 0.3 is 6.09 Å². The quantitative estimate of drug-likeness (QED) is 0.790. The predicted octanol–water partition coefficient (Wildman–Crippen LogP) is 2.35. The zero-order valence-corrected chi connectivity index (χ0v) is 14.2. The van der Waals surface area contributed by atoms with Gasteiger partial charge in [0, 0.05) is 19.1 Å². The number of carbonyl (C=O) groups is 1. The van der Waals surface area contributed by atoms with Gasteiger partial charge in [-0.05, 0) is 59.0 Å². The van der Waals surface area contributed by atoms with Crippen LogP contribution in [0.3, 0.4) is 0 Å². The van der Waals surface area contributed by atoms with Gasteiger partial charge in [-0.1, -0.05) is 13.3 Å². The highest BCUT2D eigenvalue weighted by atomic mass is 16.6. The molecule has 0 spiro atoms. The van der Waals surface area contributed by atoms with Gasteiger partial charge in [0.05, 0.1) is 0 Å². The third-order valence-corrected chi connectivity index (χ3v) is 4.16. The average molecular weight is 299 g/mol. The van der Waals surface area contributed by atoms with Gasteiger partial charge in [-0.15, -0.1) is 0 Å². The molecule has 0 radical (unpaired) electrons. The van der Waals surface area contributed by atoms with Gasteiger partial charge in [0.1, 0.15) is 5.60 Å². The van der Waals surface area contributed by atoms with Gasteiger partial charge in [0.25, 0.3) is 0 Å². The van der Waals surface area contributed by atoms with Crippen LogP contribution in [0.5, 0.6) is 0 Å². The summed E-state index contributed by atoms with van der Waals surface area (Å²) < 4.78 is 5.23. The monoisotopic (exact) mass is 299 g/mol. The van der Waals surface area contributed by atoms with Gasteiger partial charge in [-0.3, -0.25) is 4.90 Å². The molecule has 1 unspecified atom stereocenters. The summed E-state index contributed by atoms with van der Waals surface area (Å²) in [5.41, 5.74) is 5.46. The van der Waals surface area contributed by atoms with Crippen molar-refractivity contribution in [3.05, 3.63) is 0 Å². The van der Waals surface area contributed by atoms with Gasteiger partial charge in [-0.25, -0.2) is 4.79 Å². The molecule has 124 valence electrons. The Morgan fingerprint density at radius 2 is 2.00 bits per heavy atom. The minimum Gasteiger partial charge on any atom is -0.444 e. The summed E-state index contributed by atoms with van der Waals surface area (Å²) in [6.45, 7) is 11.4. The Hall–Kier alpha value is -0.810. The van der Waals surface area contributed by atoms with Crippen LogP contribution < -0.4 is 11.1 Å². The summed E-state index contributed by atoms with van der Waals surface area (Å²) in [6.07, 6.45) is 4.36. The molecule has 0 bridgehead atoms. The van der Waals surface area contributed by atoms with E-state index < -0.39 is 5.60 Å². The smallest absolute Gasteiger partial charge is 0.407 e. The molecule has 1 rings (SSSR count). The SMILES string of the molecule is CCC1CCN(C(CN)CCNC(=O)OC(C)(C)C)CC1. The lowest BCUT2D eigenvalue weighted by molar-refractivity contribution is 0.0519. The summed E-state index contributed by atoms with van der Waals surface area (Å²) in [6, 6.07) is 0.359. The lowest BCUT2D eigenvalue weighted by atomic mass is 9.93. The van der Waals surface area contributed by atoms with E-state index in [-0.39, 0.29) is 6.09 Å². The van der Waals surface area contributed by atoms with Crippen LogP contribution in [0.25, 0.3) is 0 Å². The number of alkyl carbamates (subject to hydrolysis) is 1. The largest absolute Gasteiger partial charge is 0.444 e. The zero-order valence-electron chi connectivity index (χ0n) is 14.2. The highest BCUT2D eigenvalue weighted by Crippen LogP contribution is 2.21. The van der Waals surface area contributed by atoms with Gasteiger partial charge in [-0.2, -0.15) is 0 Å². The molecule has 1 saturated heterocycles. The number of piperidine rings is 1. The molecule has 5 heteroatoms. The lowest BCUT2D eigenvalue weighted by Gasteiger charge is -2.37. The minimum atomic E-state index is -0.445. The van der Waals surface area contributed by atoms with Crippen LogP contribution in [0, 0.1) is 5.92 Å². The molecule has 0 aromatic heterocycles. The van der Waals surface area contributed by atoms with Crippen LogP contribution in [0.2, 0.25) is 0 Å². The third-order valence-electron chi connectivity index (χ3n) is 4.16. The first-order valence-corrected chi connectivity index (χ1v) is 8.26. The van der Waals surface area contributed by atoms with Crippen molar-refractivity contribution in [3.8, 4) is 0 Å². The molecular formula is C16H33N3O2. The van der Waals surface area contributed by atoms with Crippen molar-refractivity contribution in [3.63, 3.8) is 0 Å². The Morgan fingerprint density at radius 3 is 2.48 bits per heavy atom. The van der Waals surface area contributed by atoms with Gasteiger partial charge in [0.2, 0.25) is 0 Å². The number of rotatable bonds is 6. The topological polar surface area (TPSA) is 67.6 Å². The van der Waals surface area contributed by atoms with E-state index in [9.17, 15) is 4.79 Å². The summed E-state index contributed by atoms with van der Waals surface area (Å²) in [5.74, 6) is 0.875. The molecular weight excluding hydrogens is 266 g/mol. The van der Waals surface area contributed by atoms with E-state index in [1.165, 1.54) is 19.3 Å². The first-order valence-electron chi connectivity index (χ1n) is 8.26. The fourth-order valence-corrected chi connectivity index (χ4v) is 2.83. The van der Waals surface area contributed by atoms with Crippen molar-refractivity contribution in [2.75, 3.05) is 26.2 Å². The normalized spacial score (nSPS) is 19.3. The van der Waals surface area contributed by atoms with Gasteiger partial charge < -0.3 is 15.8 Å². The van der Waals surface area contributed by atoms with E-state index in [1.54, 1.807) is 0 Å². The molecule has 1 heterocycles. The maximum atomic E-state index is 11.6. The standard InChI is InChI=1S/C16H33N3O2/c1-5-13-7-10-19(11-8-13)14(12-17)6-9-18-15(20)21-16(2,3)4/h13-14H,5-12,17H2,1-4H3,(H,18,20). The summed E-state index contributed by atoms with van der Waals surface area (Å²) in [5, 5.41) is 2.82. The van der Waals surface area contributed by atoms with Crippen molar-refractivity contribution in [2.45, 2.75) is 65.0 Å². The fourth-order valence-electron chi connectivity index (χ4n) is 2.83. The van der Waals surface area contributed by atoms with Crippen LogP contribution in [-0.2, 0) is 4.74 Å². The first-order chi connectivity index (χ1) is 9.85. The molecule has 0 saturated carbocycles. The molecule has 1 aliphatic rings. The maximum Gasteiger partial charge on any atom is 0.407 e. The number of nitrogens with two attached hydrogens (primary N) is 1. The van der Waals surface area contributed by atoms with Crippen LogP contribution >= 0.6 is 0 Å². The number of nitrogens with zero attached hydrogens (tertiary/aromatic N) is 1. The van der Waals surface area contributed by atoms with Crippen molar-refractivity contribution >= 4 is 6.09 Å². The van der Waals surface area contributed by atoms with Crippen LogP contribution in [0.15, 0.2) is 0 Å². The molecule has 0 aromatic rings. The highest BCUT2D eigenvalue weighted by molar-refractivity contribution is 5.67. The summed E-state index contributed by atoms with van der Waals surface area (Å²) in [7, 11) is 0. The minimum absolute atomic E-state index is 0.344. The maximum absolute atomic E-state index is 11.6. The number of hydrogen-bond donors (Lipinski definition) is 2. The van der Waals surface area contributed by atoms with E-state index in [0.717, 1.165) is 25.4 Å². The third kappa shape index (κ3) is 7.14. The lowest BCUT2D eigenvalue weighted by Crippen LogP contribution is -2.46. The number of amides is 1. The second-order valence-electron chi connectivity index (χ2n) is 6.99. The van der Waals surface area contributed by atoms with E-state index in [0.29, 0.717) is 19.1 Å². The molecule has 1 amide bonds. The average Bonchev–Trinajstić information content (AvgIpc) is 2.42. The Bertz CT molecular complexity index is 307. The molecule has 5 nitrogen and oxygen atoms in total. The number of ether oxygens (including phenoxy) is 1. The fraction of sp³-hybridized carbons (Fsp3) is 0.938. The molecule has 0 aliphatic carbocycles.